The maximum absolute atomic E-state index is 14.0. The molecule has 0 saturated heterocycles. The minimum Gasteiger partial charge on any atom is -0.496 e. The molecule has 3 aromatic rings. The first-order valence-electron chi connectivity index (χ1n) is 16.3. The van der Waals surface area contributed by atoms with Crippen molar-refractivity contribution in [1.82, 2.24) is 35.0 Å². The van der Waals surface area contributed by atoms with E-state index in [0.717, 1.165) is 11.1 Å². The van der Waals surface area contributed by atoms with Crippen molar-refractivity contribution in [3.8, 4) is 5.75 Å². The molecule has 0 bridgehead atoms. The summed E-state index contributed by atoms with van der Waals surface area (Å²) in [5, 5.41) is 13.2. The number of benzene rings is 2. The van der Waals surface area contributed by atoms with Gasteiger partial charge in [-0.25, -0.2) is 18.1 Å². The van der Waals surface area contributed by atoms with Crippen LogP contribution < -0.4 is 20.7 Å². The van der Waals surface area contributed by atoms with Gasteiger partial charge in [0.25, 0.3) is 0 Å². The molecule has 1 aliphatic rings. The minimum atomic E-state index is -3.99. The van der Waals surface area contributed by atoms with Crippen molar-refractivity contribution in [3.05, 3.63) is 70.8 Å². The summed E-state index contributed by atoms with van der Waals surface area (Å²) in [6.45, 7) is 9.42. The van der Waals surface area contributed by atoms with E-state index in [1.165, 1.54) is 22.2 Å². The predicted molar refractivity (Wildman–Crippen MR) is 181 cm³/mol. The molecule has 13 nitrogen and oxygen atoms in total. The van der Waals surface area contributed by atoms with Crippen LogP contribution in [0, 0.1) is 26.7 Å². The number of hydrogen-bond acceptors (Lipinski definition) is 8. The summed E-state index contributed by atoms with van der Waals surface area (Å²) in [6, 6.07) is 11.2. The lowest BCUT2D eigenvalue weighted by atomic mass is 10.0. The van der Waals surface area contributed by atoms with E-state index >= 15 is 0 Å². The van der Waals surface area contributed by atoms with Crippen LogP contribution in [0.1, 0.15) is 67.5 Å². The molecule has 48 heavy (non-hydrogen) atoms. The number of sulfonamides is 1. The quantitative estimate of drug-likeness (QED) is 0.358. The van der Waals surface area contributed by atoms with Gasteiger partial charge in [0, 0.05) is 38.5 Å². The summed E-state index contributed by atoms with van der Waals surface area (Å²) in [6.07, 6.45) is 0.799. The van der Waals surface area contributed by atoms with Crippen molar-refractivity contribution in [2.75, 3.05) is 26.7 Å². The molecule has 0 aliphatic carbocycles. The molecule has 0 unspecified atom stereocenters. The van der Waals surface area contributed by atoms with Crippen molar-refractivity contribution in [2.24, 2.45) is 5.92 Å². The second-order valence-electron chi connectivity index (χ2n) is 12.5. The Hall–Kier alpha value is -4.30. The number of carbonyl (C=O) groups is 3. The lowest BCUT2D eigenvalue weighted by molar-refractivity contribution is -0.129. The number of aryl methyl sites for hydroxylation is 3. The van der Waals surface area contributed by atoms with Gasteiger partial charge in [0.1, 0.15) is 24.2 Å². The molecule has 1 aliphatic heterocycles. The van der Waals surface area contributed by atoms with Crippen molar-refractivity contribution in [1.29, 1.82) is 0 Å². The SMILES string of the molecule is COc1cc(S(=O)(=O)N2CCCNC(=O)Cn3nc(C)nc3[C@H](C(C)C)NC(=O)[C@@H](Cc3ccccc3)NC(=O)CCC2)c(C)cc1C. The molecule has 0 saturated carbocycles. The first-order chi connectivity index (χ1) is 22.8. The zero-order valence-corrected chi connectivity index (χ0v) is 29.4. The number of ether oxygens (including phenoxy) is 1. The molecular formula is C34H47N7O6S. The Morgan fingerprint density at radius 3 is 2.35 bits per heavy atom. The second kappa shape index (κ2) is 16.2. The van der Waals surface area contributed by atoms with Crippen LogP contribution in [-0.2, 0) is 37.4 Å². The number of aromatic nitrogens is 3. The maximum Gasteiger partial charge on any atom is 0.243 e. The van der Waals surface area contributed by atoms with Crippen LogP contribution in [0.3, 0.4) is 0 Å². The van der Waals surface area contributed by atoms with E-state index in [0.29, 0.717) is 29.4 Å². The van der Waals surface area contributed by atoms with Crippen LogP contribution >= 0.6 is 0 Å². The third kappa shape index (κ3) is 9.19. The van der Waals surface area contributed by atoms with Crippen LogP contribution in [0.15, 0.2) is 47.4 Å². The van der Waals surface area contributed by atoms with Crippen molar-refractivity contribution >= 4 is 27.7 Å². The molecule has 0 spiro atoms. The summed E-state index contributed by atoms with van der Waals surface area (Å²) in [5.41, 5.74) is 2.25. The van der Waals surface area contributed by atoms with Gasteiger partial charge in [-0.15, -0.1) is 0 Å². The third-order valence-corrected chi connectivity index (χ3v) is 10.3. The number of rotatable bonds is 6. The first kappa shape index (κ1) is 36.5. The van der Waals surface area contributed by atoms with Gasteiger partial charge in [0.2, 0.25) is 27.7 Å². The normalized spacial score (nSPS) is 19.4. The fourth-order valence-corrected chi connectivity index (χ4v) is 7.56. The fourth-order valence-electron chi connectivity index (χ4n) is 5.82. The summed E-state index contributed by atoms with van der Waals surface area (Å²) < 4.78 is 36.2. The highest BCUT2D eigenvalue weighted by atomic mass is 32.2. The molecule has 260 valence electrons. The van der Waals surface area contributed by atoms with E-state index < -0.39 is 28.0 Å². The third-order valence-electron chi connectivity index (χ3n) is 8.30. The molecule has 2 atom stereocenters. The molecular weight excluding hydrogens is 634 g/mol. The smallest absolute Gasteiger partial charge is 0.243 e. The lowest BCUT2D eigenvalue weighted by Gasteiger charge is -2.26. The molecule has 0 fully saturated rings. The van der Waals surface area contributed by atoms with Crippen LogP contribution in [0.25, 0.3) is 0 Å². The molecule has 2 heterocycles. The van der Waals surface area contributed by atoms with Gasteiger partial charge in [0.15, 0.2) is 5.82 Å². The van der Waals surface area contributed by atoms with Gasteiger partial charge >= 0.3 is 0 Å². The zero-order valence-electron chi connectivity index (χ0n) is 28.6. The van der Waals surface area contributed by atoms with E-state index in [4.69, 9.17) is 4.74 Å². The lowest BCUT2D eigenvalue weighted by Crippen LogP contribution is -2.50. The molecule has 3 amide bonds. The molecule has 3 N–H and O–H groups in total. The fraction of sp³-hybridized carbons (Fsp3) is 0.500. The van der Waals surface area contributed by atoms with E-state index in [-0.39, 0.29) is 68.1 Å². The number of amides is 3. The Kier molecular flexibility index (Phi) is 12.3. The molecule has 14 heteroatoms. The summed E-state index contributed by atoms with van der Waals surface area (Å²) >= 11 is 0. The van der Waals surface area contributed by atoms with Gasteiger partial charge in [-0.05, 0) is 56.2 Å². The average molecular weight is 682 g/mol. The summed E-state index contributed by atoms with van der Waals surface area (Å²) in [7, 11) is -2.50. The summed E-state index contributed by atoms with van der Waals surface area (Å²) in [5.74, 6) is 0.126. The van der Waals surface area contributed by atoms with Gasteiger partial charge in [-0.2, -0.15) is 9.40 Å². The average Bonchev–Trinajstić information content (AvgIpc) is 3.39. The Balaban J connectivity index is 1.66. The highest BCUT2D eigenvalue weighted by molar-refractivity contribution is 7.89. The highest BCUT2D eigenvalue weighted by Gasteiger charge is 2.31. The number of fused-ring (bicyclic) bond motifs is 1. The van der Waals surface area contributed by atoms with Gasteiger partial charge in [-0.1, -0.05) is 50.2 Å². The van der Waals surface area contributed by atoms with E-state index in [1.54, 1.807) is 19.9 Å². The minimum absolute atomic E-state index is 0.00133. The van der Waals surface area contributed by atoms with E-state index in [1.807, 2.05) is 51.1 Å². The number of hydrogen-bond donors (Lipinski definition) is 3. The van der Waals surface area contributed by atoms with Crippen LogP contribution in [0.2, 0.25) is 0 Å². The number of methoxy groups -OCH3 is 1. The second-order valence-corrected chi connectivity index (χ2v) is 14.4. The molecule has 2 aromatic carbocycles. The molecule has 1 aromatic heterocycles. The number of nitrogens with zero attached hydrogens (tertiary/aromatic N) is 4. The Bertz CT molecular complexity index is 1710. The van der Waals surface area contributed by atoms with Crippen LogP contribution in [-0.4, -0.2) is 78.0 Å². The topological polar surface area (TPSA) is 165 Å². The van der Waals surface area contributed by atoms with E-state index in [9.17, 15) is 22.8 Å². The zero-order chi connectivity index (χ0) is 35.0. The predicted octanol–water partition coefficient (Wildman–Crippen LogP) is 2.74. The molecule has 4 rings (SSSR count). The standard InChI is InChI=1S/C34H47N7O6S/c1-22(2)32-33-36-25(5)39-41(33)21-31(43)35-15-11-17-40(48(45,46)29-20-28(47-6)23(3)18-24(29)4)16-10-14-30(42)37-27(34(44)38-32)19-26-12-8-7-9-13-26/h7-9,12-13,18,20,22,27,32H,10-11,14-17,19,21H2,1-6H3,(H,35,43)(H,37,42)(H,38,44)/t27-,32+/m1/s1. The Morgan fingerprint density at radius 2 is 1.67 bits per heavy atom. The molecule has 0 radical (unpaired) electrons. The Labute approximate surface area is 282 Å². The Morgan fingerprint density at radius 1 is 0.958 bits per heavy atom. The van der Waals surface area contributed by atoms with Crippen molar-refractivity contribution < 1.29 is 27.5 Å². The number of carbonyl (C=O) groups excluding carboxylic acids is 3. The van der Waals surface area contributed by atoms with Crippen molar-refractivity contribution in [2.45, 2.75) is 83.8 Å². The van der Waals surface area contributed by atoms with Crippen molar-refractivity contribution in [3.63, 3.8) is 0 Å². The summed E-state index contributed by atoms with van der Waals surface area (Å²) in [4.78, 5) is 44.9. The van der Waals surface area contributed by atoms with Gasteiger partial charge in [0.05, 0.1) is 18.0 Å². The van der Waals surface area contributed by atoms with Crippen LogP contribution in [0.4, 0.5) is 0 Å². The first-order valence-corrected chi connectivity index (χ1v) is 17.7. The number of nitrogens with one attached hydrogen (secondary N) is 3. The van der Waals surface area contributed by atoms with Gasteiger partial charge < -0.3 is 20.7 Å². The monoisotopic (exact) mass is 681 g/mol. The van der Waals surface area contributed by atoms with Gasteiger partial charge in [-0.3, -0.25) is 14.4 Å². The maximum atomic E-state index is 14.0. The van der Waals surface area contributed by atoms with Crippen LogP contribution in [0.5, 0.6) is 5.75 Å². The largest absolute Gasteiger partial charge is 0.496 e. The highest BCUT2D eigenvalue weighted by Crippen LogP contribution is 2.28. The van der Waals surface area contributed by atoms with E-state index in [2.05, 4.69) is 26.0 Å².